The molecule has 2 aromatic rings. The van der Waals surface area contributed by atoms with Crippen LogP contribution in [0.5, 0.6) is 11.5 Å². The maximum Gasteiger partial charge on any atom is 0.201 e. The van der Waals surface area contributed by atoms with Gasteiger partial charge < -0.3 is 60.2 Å². The average molecular weight is 565 g/mol. The molecule has 3 aliphatic rings. The summed E-state index contributed by atoms with van der Waals surface area (Å²) in [5.74, 6) is -2.64. The Morgan fingerprint density at radius 2 is 1.48 bits per heavy atom. The summed E-state index contributed by atoms with van der Waals surface area (Å²) in [4.78, 5) is 13.5. The normalized spacial score (nSPS) is 37.6. The highest BCUT2D eigenvalue weighted by Gasteiger charge is 2.50. The number of benzene rings is 2. The highest BCUT2D eigenvalue weighted by Crippen LogP contribution is 2.47. The van der Waals surface area contributed by atoms with E-state index in [2.05, 4.69) is 0 Å². The van der Waals surface area contributed by atoms with Crippen molar-refractivity contribution in [1.29, 1.82) is 0 Å². The fraction of sp³-hybridized carbons (Fsp3) is 0.519. The zero-order valence-corrected chi connectivity index (χ0v) is 21.3. The molecule has 218 valence electrons. The number of phenols is 2. The topological polar surface area (TPSA) is 227 Å². The zero-order valence-electron chi connectivity index (χ0n) is 21.3. The van der Waals surface area contributed by atoms with Crippen molar-refractivity contribution in [2.45, 2.75) is 80.7 Å². The Balaban J connectivity index is 1.55. The molecule has 13 nitrogen and oxygen atoms in total. The Morgan fingerprint density at radius 1 is 0.800 bits per heavy atom. The predicted octanol–water partition coefficient (Wildman–Crippen LogP) is -2.04. The summed E-state index contributed by atoms with van der Waals surface area (Å²) in [5, 5.41) is 93.2. The monoisotopic (exact) mass is 564 g/mol. The van der Waals surface area contributed by atoms with Crippen LogP contribution in [0.1, 0.15) is 45.5 Å². The summed E-state index contributed by atoms with van der Waals surface area (Å²) in [7, 11) is 0. The number of carbonyl (C=O) groups excluding carboxylic acids is 1. The molecule has 2 fully saturated rings. The summed E-state index contributed by atoms with van der Waals surface area (Å²) < 4.78 is 16.9. The number of ketones is 1. The quantitative estimate of drug-likeness (QED) is 0.191. The highest BCUT2D eigenvalue weighted by atomic mass is 16.7. The lowest BCUT2D eigenvalue weighted by molar-refractivity contribution is -0.296. The summed E-state index contributed by atoms with van der Waals surface area (Å²) in [6.45, 7) is 0.514. The fourth-order valence-corrected chi connectivity index (χ4v) is 5.73. The molecule has 13 heteroatoms. The lowest BCUT2D eigenvalue weighted by Crippen LogP contribution is -2.60. The Bertz CT molecular complexity index is 1270. The minimum Gasteiger partial charge on any atom is -0.507 e. The summed E-state index contributed by atoms with van der Waals surface area (Å²) in [6.07, 6.45) is -14.2. The van der Waals surface area contributed by atoms with Crippen molar-refractivity contribution >= 4 is 5.78 Å². The Labute approximate surface area is 228 Å². The van der Waals surface area contributed by atoms with Gasteiger partial charge in [0.1, 0.15) is 54.2 Å². The lowest BCUT2D eigenvalue weighted by atomic mass is 9.71. The van der Waals surface area contributed by atoms with Crippen LogP contribution in [-0.2, 0) is 20.8 Å². The molecule has 2 heterocycles. The summed E-state index contributed by atoms with van der Waals surface area (Å²) in [5.41, 5.74) is 0.319. The van der Waals surface area contributed by atoms with Gasteiger partial charge in [-0.25, -0.2) is 0 Å². The van der Waals surface area contributed by atoms with Gasteiger partial charge >= 0.3 is 0 Å². The third-order valence-corrected chi connectivity index (χ3v) is 7.89. The number of aliphatic hydroxyl groups excluding tert-OH is 7. The molecular weight excluding hydrogens is 532 g/mol. The van der Waals surface area contributed by atoms with E-state index in [0.29, 0.717) is 0 Å². The first-order valence-electron chi connectivity index (χ1n) is 12.8. The van der Waals surface area contributed by atoms with Gasteiger partial charge in [0, 0.05) is 5.92 Å². The average Bonchev–Trinajstić information content (AvgIpc) is 2.92. The van der Waals surface area contributed by atoms with Gasteiger partial charge in [-0.05, 0) is 35.7 Å². The van der Waals surface area contributed by atoms with Crippen LogP contribution in [0.4, 0.5) is 0 Å². The van der Waals surface area contributed by atoms with E-state index in [1.807, 2.05) is 0 Å². The van der Waals surface area contributed by atoms with Crippen molar-refractivity contribution in [3.63, 3.8) is 0 Å². The molecule has 40 heavy (non-hydrogen) atoms. The second-order valence-electron chi connectivity index (χ2n) is 10.4. The molecule has 5 rings (SSSR count). The largest absolute Gasteiger partial charge is 0.507 e. The molecule has 0 unspecified atom stereocenters. The number of fused-ring (bicyclic) bond motifs is 2. The van der Waals surface area contributed by atoms with E-state index >= 15 is 0 Å². The van der Waals surface area contributed by atoms with E-state index in [0.717, 1.165) is 0 Å². The molecule has 9 N–H and O–H groups in total. The maximum absolute atomic E-state index is 13.5. The number of ether oxygens (including phenoxy) is 3. The molecule has 2 aliphatic heterocycles. The Kier molecular flexibility index (Phi) is 7.89. The van der Waals surface area contributed by atoms with Gasteiger partial charge in [-0.1, -0.05) is 18.2 Å². The predicted molar refractivity (Wildman–Crippen MR) is 132 cm³/mol. The zero-order chi connectivity index (χ0) is 29.0. The SMILES string of the molecule is C[C@@H]1O[C@@H](OCc2cc(O)c3c(c2)[C@H]([C@@H]2O[C@H](CO)[C@@H](O)[C@H](O)[C@H]2O)c2cccc(O)c2C3=O)[C@H](O)[C@H](O)[C@H]1O. The van der Waals surface area contributed by atoms with Crippen molar-refractivity contribution in [3.05, 3.63) is 58.1 Å². The first kappa shape index (κ1) is 28.8. The first-order chi connectivity index (χ1) is 19.0. The number of aromatic hydroxyl groups is 2. The number of rotatable bonds is 5. The van der Waals surface area contributed by atoms with E-state index in [1.165, 1.54) is 37.3 Å². The molecule has 0 spiro atoms. The van der Waals surface area contributed by atoms with Crippen LogP contribution in [0.25, 0.3) is 0 Å². The Hall–Kier alpha value is -2.69. The van der Waals surface area contributed by atoms with E-state index in [-0.39, 0.29) is 40.2 Å². The van der Waals surface area contributed by atoms with Crippen LogP contribution in [0.3, 0.4) is 0 Å². The van der Waals surface area contributed by atoms with Crippen LogP contribution >= 0.6 is 0 Å². The molecule has 11 atom stereocenters. The maximum atomic E-state index is 13.5. The van der Waals surface area contributed by atoms with Gasteiger partial charge in [0.25, 0.3) is 0 Å². The molecule has 1 aliphatic carbocycles. The third-order valence-electron chi connectivity index (χ3n) is 7.89. The van der Waals surface area contributed by atoms with E-state index in [9.17, 15) is 50.8 Å². The molecule has 0 bridgehead atoms. The number of aliphatic hydroxyl groups is 7. The summed E-state index contributed by atoms with van der Waals surface area (Å²) in [6, 6.07) is 6.99. The van der Waals surface area contributed by atoms with Gasteiger partial charge in [-0.3, -0.25) is 4.79 Å². The molecule has 2 aromatic carbocycles. The van der Waals surface area contributed by atoms with Crippen molar-refractivity contribution in [3.8, 4) is 11.5 Å². The van der Waals surface area contributed by atoms with Crippen molar-refractivity contribution < 1.29 is 65.0 Å². The fourth-order valence-electron chi connectivity index (χ4n) is 5.73. The van der Waals surface area contributed by atoms with E-state index in [4.69, 9.17) is 14.2 Å². The van der Waals surface area contributed by atoms with Crippen molar-refractivity contribution in [1.82, 2.24) is 0 Å². The number of phenolic OH excluding ortho intramolecular Hbond substituents is 2. The minimum absolute atomic E-state index is 0.142. The second kappa shape index (κ2) is 10.9. The second-order valence-corrected chi connectivity index (χ2v) is 10.4. The van der Waals surface area contributed by atoms with Crippen molar-refractivity contribution in [2.75, 3.05) is 6.61 Å². The lowest BCUT2D eigenvalue weighted by Gasteiger charge is -2.45. The molecule has 0 saturated carbocycles. The molecule has 0 radical (unpaired) electrons. The minimum atomic E-state index is -1.72. The highest BCUT2D eigenvalue weighted by molar-refractivity contribution is 6.16. The Morgan fingerprint density at radius 3 is 2.17 bits per heavy atom. The van der Waals surface area contributed by atoms with Gasteiger partial charge in [0.05, 0.1) is 36.5 Å². The van der Waals surface area contributed by atoms with Crippen LogP contribution in [0, 0.1) is 0 Å². The molecule has 2 saturated heterocycles. The van der Waals surface area contributed by atoms with Crippen LogP contribution in [-0.4, -0.2) is 120 Å². The van der Waals surface area contributed by atoms with E-state index < -0.39 is 85.3 Å². The smallest absolute Gasteiger partial charge is 0.201 e. The van der Waals surface area contributed by atoms with Crippen molar-refractivity contribution in [2.24, 2.45) is 0 Å². The van der Waals surface area contributed by atoms with Gasteiger partial charge in [-0.2, -0.15) is 0 Å². The van der Waals surface area contributed by atoms with Crippen LogP contribution in [0.15, 0.2) is 30.3 Å². The van der Waals surface area contributed by atoms with Gasteiger partial charge in [-0.15, -0.1) is 0 Å². The molecular formula is C27H32O13. The first-order valence-corrected chi connectivity index (χ1v) is 12.8. The van der Waals surface area contributed by atoms with Crippen LogP contribution in [0.2, 0.25) is 0 Å². The van der Waals surface area contributed by atoms with Gasteiger partial charge in [0.15, 0.2) is 6.29 Å². The number of carbonyl (C=O) groups is 1. The third kappa shape index (κ3) is 4.67. The van der Waals surface area contributed by atoms with Crippen LogP contribution < -0.4 is 0 Å². The summed E-state index contributed by atoms with van der Waals surface area (Å²) >= 11 is 0. The molecule has 0 aromatic heterocycles. The molecule has 0 amide bonds. The number of hydrogen-bond acceptors (Lipinski definition) is 13. The van der Waals surface area contributed by atoms with E-state index in [1.54, 1.807) is 0 Å². The standard InChI is InChI=1S/C27H32O13/c1-9-19(31)22(34)25(37)27(39-9)38-8-10-5-12-16(26-24(36)23(35)20(32)15(7-28)40-26)11-3-2-4-13(29)17(11)21(33)18(12)14(30)6-10/h2-6,9,15-16,19-20,22-32,34-37H,7-8H2,1H3/t9-,15+,16+,19-,20+,22+,23-,24+,25+,26-,27+/m0/s1. The van der Waals surface area contributed by atoms with Gasteiger partial charge in [0.2, 0.25) is 5.78 Å². The number of hydrogen-bond donors (Lipinski definition) is 9.